The third kappa shape index (κ3) is 2.64. The molecular weight excluding hydrogens is 256 g/mol. The second kappa shape index (κ2) is 5.45. The number of benzene rings is 1. The molecule has 0 spiro atoms. The maximum Gasteiger partial charge on any atom is 0.0346 e. The van der Waals surface area contributed by atoms with E-state index in [4.69, 9.17) is 0 Å². The SMILES string of the molecule is C(=CC1CC2CCC1N2)c1cncc(-c2ccccc2)c1. The average molecular weight is 276 g/mol. The van der Waals surface area contributed by atoms with Crippen molar-refractivity contribution in [3.63, 3.8) is 0 Å². The molecule has 2 nitrogen and oxygen atoms in total. The van der Waals surface area contributed by atoms with Gasteiger partial charge in [0.05, 0.1) is 0 Å². The molecule has 2 aliphatic heterocycles. The Morgan fingerprint density at radius 3 is 2.71 bits per heavy atom. The van der Waals surface area contributed by atoms with Gasteiger partial charge in [-0.05, 0) is 42.4 Å². The van der Waals surface area contributed by atoms with Gasteiger partial charge >= 0.3 is 0 Å². The van der Waals surface area contributed by atoms with Crippen molar-refractivity contribution < 1.29 is 0 Å². The fourth-order valence-corrected chi connectivity index (χ4v) is 3.65. The van der Waals surface area contributed by atoms with Crippen molar-refractivity contribution in [2.24, 2.45) is 5.92 Å². The fourth-order valence-electron chi connectivity index (χ4n) is 3.65. The van der Waals surface area contributed by atoms with Crippen molar-refractivity contribution in [1.29, 1.82) is 0 Å². The van der Waals surface area contributed by atoms with Crippen LogP contribution in [0.25, 0.3) is 17.2 Å². The van der Waals surface area contributed by atoms with Crippen LogP contribution >= 0.6 is 0 Å². The van der Waals surface area contributed by atoms with Crippen LogP contribution in [0.1, 0.15) is 24.8 Å². The van der Waals surface area contributed by atoms with Crippen molar-refractivity contribution in [2.75, 3.05) is 0 Å². The van der Waals surface area contributed by atoms with Crippen LogP contribution in [-0.4, -0.2) is 17.1 Å². The monoisotopic (exact) mass is 276 g/mol. The molecule has 0 amide bonds. The molecule has 2 bridgehead atoms. The van der Waals surface area contributed by atoms with Gasteiger partial charge in [-0.1, -0.05) is 42.5 Å². The van der Waals surface area contributed by atoms with Crippen LogP contribution in [-0.2, 0) is 0 Å². The number of fused-ring (bicyclic) bond motifs is 2. The molecule has 3 heterocycles. The summed E-state index contributed by atoms with van der Waals surface area (Å²) < 4.78 is 0. The third-order valence-corrected chi connectivity index (χ3v) is 4.75. The van der Waals surface area contributed by atoms with Crippen molar-refractivity contribution in [2.45, 2.75) is 31.3 Å². The number of nitrogens with zero attached hydrogens (tertiary/aromatic N) is 1. The lowest BCUT2D eigenvalue weighted by atomic mass is 9.88. The Balaban J connectivity index is 1.53. The van der Waals surface area contributed by atoms with Gasteiger partial charge in [-0.2, -0.15) is 0 Å². The fraction of sp³-hybridized carbons (Fsp3) is 0.316. The number of hydrogen-bond donors (Lipinski definition) is 1. The van der Waals surface area contributed by atoms with Gasteiger partial charge in [0, 0.05) is 30.0 Å². The molecule has 21 heavy (non-hydrogen) atoms. The molecule has 1 aromatic carbocycles. The number of pyridine rings is 1. The summed E-state index contributed by atoms with van der Waals surface area (Å²) in [6.45, 7) is 0. The highest BCUT2D eigenvalue weighted by atomic mass is 15.0. The van der Waals surface area contributed by atoms with E-state index in [1.54, 1.807) is 0 Å². The second-order valence-corrected chi connectivity index (χ2v) is 6.18. The minimum absolute atomic E-state index is 0.698. The molecule has 2 heteroatoms. The quantitative estimate of drug-likeness (QED) is 0.919. The van der Waals surface area contributed by atoms with Gasteiger partial charge in [-0.25, -0.2) is 0 Å². The molecule has 0 saturated carbocycles. The molecule has 0 aliphatic carbocycles. The Hall–Kier alpha value is -1.93. The van der Waals surface area contributed by atoms with Gasteiger partial charge in [-0.3, -0.25) is 4.98 Å². The van der Waals surface area contributed by atoms with Crippen molar-refractivity contribution >= 4 is 6.08 Å². The second-order valence-electron chi connectivity index (χ2n) is 6.18. The summed E-state index contributed by atoms with van der Waals surface area (Å²) in [4.78, 5) is 4.39. The summed E-state index contributed by atoms with van der Waals surface area (Å²) in [6.07, 6.45) is 12.5. The van der Waals surface area contributed by atoms with Gasteiger partial charge in [-0.15, -0.1) is 0 Å². The zero-order chi connectivity index (χ0) is 14.1. The van der Waals surface area contributed by atoms with Gasteiger partial charge in [0.25, 0.3) is 0 Å². The van der Waals surface area contributed by atoms with E-state index in [0.29, 0.717) is 12.0 Å². The molecule has 3 atom stereocenters. The third-order valence-electron chi connectivity index (χ3n) is 4.75. The van der Waals surface area contributed by atoms with Crippen molar-refractivity contribution in [3.8, 4) is 11.1 Å². The van der Waals surface area contributed by atoms with E-state index < -0.39 is 0 Å². The molecule has 4 rings (SSSR count). The Bertz CT molecular complexity index is 648. The largest absolute Gasteiger partial charge is 0.311 e. The maximum atomic E-state index is 4.39. The van der Waals surface area contributed by atoms with E-state index in [2.05, 4.69) is 52.8 Å². The molecule has 3 unspecified atom stereocenters. The number of hydrogen-bond acceptors (Lipinski definition) is 2. The zero-order valence-electron chi connectivity index (χ0n) is 12.1. The number of rotatable bonds is 3. The normalized spacial score (nSPS) is 27.5. The Morgan fingerprint density at radius 1 is 1.05 bits per heavy atom. The first-order valence-corrected chi connectivity index (χ1v) is 7.83. The summed E-state index contributed by atoms with van der Waals surface area (Å²) in [6, 6.07) is 14.1. The molecule has 0 radical (unpaired) electrons. The van der Waals surface area contributed by atoms with Crippen molar-refractivity contribution in [1.82, 2.24) is 10.3 Å². The summed E-state index contributed by atoms with van der Waals surface area (Å²) >= 11 is 0. The zero-order valence-corrected chi connectivity index (χ0v) is 12.1. The van der Waals surface area contributed by atoms with Crippen LogP contribution in [0.5, 0.6) is 0 Å². The molecule has 1 aromatic heterocycles. The summed E-state index contributed by atoms with van der Waals surface area (Å²) in [5.74, 6) is 0.698. The van der Waals surface area contributed by atoms with Gasteiger partial charge in [0.15, 0.2) is 0 Å². The highest BCUT2D eigenvalue weighted by Crippen LogP contribution is 2.34. The highest BCUT2D eigenvalue weighted by molar-refractivity contribution is 5.66. The minimum Gasteiger partial charge on any atom is -0.311 e. The lowest BCUT2D eigenvalue weighted by Gasteiger charge is -2.15. The summed E-state index contributed by atoms with van der Waals surface area (Å²) in [5, 5.41) is 3.68. The van der Waals surface area contributed by atoms with Crippen LogP contribution in [0.2, 0.25) is 0 Å². The van der Waals surface area contributed by atoms with Crippen LogP contribution in [0, 0.1) is 5.92 Å². The number of aromatic nitrogens is 1. The first-order chi connectivity index (χ1) is 10.4. The minimum atomic E-state index is 0.698. The van der Waals surface area contributed by atoms with E-state index in [-0.39, 0.29) is 0 Å². The van der Waals surface area contributed by atoms with E-state index in [0.717, 1.165) is 6.04 Å². The van der Waals surface area contributed by atoms with Gasteiger partial charge in [0.1, 0.15) is 0 Å². The van der Waals surface area contributed by atoms with Crippen LogP contribution in [0.4, 0.5) is 0 Å². The Labute approximate surface area is 125 Å². The maximum absolute atomic E-state index is 4.39. The Kier molecular flexibility index (Phi) is 3.32. The standard InChI is InChI=1S/C19H20N2/c1-2-4-15(5-3-1)17-10-14(12-20-13-17)6-7-16-11-18-8-9-19(16)21-18/h1-7,10,12-13,16,18-19,21H,8-9,11H2. The Morgan fingerprint density at radius 2 is 1.95 bits per heavy atom. The molecule has 2 fully saturated rings. The molecule has 2 aliphatic rings. The van der Waals surface area contributed by atoms with Gasteiger partial charge < -0.3 is 5.32 Å². The lowest BCUT2D eigenvalue weighted by Crippen LogP contribution is -2.21. The summed E-state index contributed by atoms with van der Waals surface area (Å²) in [5.41, 5.74) is 3.60. The smallest absolute Gasteiger partial charge is 0.0346 e. The topological polar surface area (TPSA) is 24.9 Å². The first kappa shape index (κ1) is 12.8. The van der Waals surface area contributed by atoms with E-state index in [1.807, 2.05) is 18.5 Å². The molecule has 2 aromatic rings. The predicted molar refractivity (Wildman–Crippen MR) is 86.8 cm³/mol. The molecular formula is C19H20N2. The molecule has 106 valence electrons. The van der Waals surface area contributed by atoms with E-state index in [1.165, 1.54) is 36.0 Å². The van der Waals surface area contributed by atoms with Crippen LogP contribution in [0.15, 0.2) is 54.9 Å². The van der Waals surface area contributed by atoms with Gasteiger partial charge in [0.2, 0.25) is 0 Å². The van der Waals surface area contributed by atoms with Crippen molar-refractivity contribution in [3.05, 3.63) is 60.4 Å². The highest BCUT2D eigenvalue weighted by Gasteiger charge is 2.37. The lowest BCUT2D eigenvalue weighted by molar-refractivity contribution is 0.481. The first-order valence-electron chi connectivity index (χ1n) is 7.83. The number of nitrogens with one attached hydrogen (secondary N) is 1. The van der Waals surface area contributed by atoms with E-state index in [9.17, 15) is 0 Å². The predicted octanol–water partition coefficient (Wildman–Crippen LogP) is 3.90. The van der Waals surface area contributed by atoms with Crippen LogP contribution < -0.4 is 5.32 Å². The van der Waals surface area contributed by atoms with Crippen LogP contribution in [0.3, 0.4) is 0 Å². The molecule has 1 N–H and O–H groups in total. The average Bonchev–Trinajstić information content (AvgIpc) is 3.17. The van der Waals surface area contributed by atoms with E-state index >= 15 is 0 Å². The summed E-state index contributed by atoms with van der Waals surface area (Å²) in [7, 11) is 0. The molecule has 2 saturated heterocycles.